The number of benzene rings is 2. The maximum atomic E-state index is 13.4. The van der Waals surface area contributed by atoms with E-state index < -0.39 is 11.9 Å². The van der Waals surface area contributed by atoms with Crippen LogP contribution in [0.2, 0.25) is 0 Å². The highest BCUT2D eigenvalue weighted by Crippen LogP contribution is 2.29. The number of hydrogen-bond acceptors (Lipinski definition) is 6. The summed E-state index contributed by atoms with van der Waals surface area (Å²) in [6.45, 7) is 9.30. The van der Waals surface area contributed by atoms with Crippen LogP contribution in [0.4, 0.5) is 5.69 Å². The molecule has 1 heterocycles. The van der Waals surface area contributed by atoms with Gasteiger partial charge in [0.15, 0.2) is 11.5 Å². The molecular weight excluding hydrogens is 498 g/mol. The number of nitrogens with zero attached hydrogens (tertiary/aromatic N) is 1. The van der Waals surface area contributed by atoms with E-state index in [4.69, 9.17) is 21.1 Å². The molecule has 1 aliphatic rings. The Morgan fingerprint density at radius 3 is 2.42 bits per heavy atom. The fourth-order valence-electron chi connectivity index (χ4n) is 4.02. The van der Waals surface area contributed by atoms with Crippen molar-refractivity contribution in [1.29, 1.82) is 0 Å². The van der Waals surface area contributed by atoms with E-state index in [9.17, 15) is 9.59 Å². The molecule has 1 aliphatic heterocycles. The normalized spacial score (nSPS) is 14.1. The minimum absolute atomic E-state index is 0.147. The summed E-state index contributed by atoms with van der Waals surface area (Å²) < 4.78 is 10.9. The number of thioether (sulfide) groups is 1. The maximum absolute atomic E-state index is 13.4. The highest BCUT2D eigenvalue weighted by molar-refractivity contribution is 8.08. The zero-order valence-electron chi connectivity index (χ0n) is 20.9. The number of halogens is 1. The number of likely N-dealkylation sites (N-methyl/N-ethyl adjacent to an activating group) is 1. The third-order valence-corrected chi connectivity index (χ3v) is 6.88. The second kappa shape index (κ2) is 12.9. The average molecular weight is 530 g/mol. The van der Waals surface area contributed by atoms with Gasteiger partial charge in [-0.25, -0.2) is 0 Å². The number of carbonyl (C=O) groups is 2. The van der Waals surface area contributed by atoms with Crippen LogP contribution in [-0.2, 0) is 28.9 Å². The van der Waals surface area contributed by atoms with Crippen molar-refractivity contribution in [3.63, 3.8) is 0 Å². The largest absolute Gasteiger partial charge is 0.493 e. The summed E-state index contributed by atoms with van der Waals surface area (Å²) in [5, 5.41) is 5.76. The van der Waals surface area contributed by atoms with Crippen molar-refractivity contribution in [2.45, 2.75) is 25.3 Å². The number of fused-ring (bicyclic) bond motifs is 1. The molecule has 2 N–H and O–H groups in total. The molecule has 3 rings (SSSR count). The van der Waals surface area contributed by atoms with Gasteiger partial charge in [0, 0.05) is 25.2 Å². The Labute approximate surface area is 221 Å². The van der Waals surface area contributed by atoms with Gasteiger partial charge in [0.1, 0.15) is 6.04 Å². The van der Waals surface area contributed by atoms with Crippen LogP contribution in [0.5, 0.6) is 11.5 Å². The predicted molar refractivity (Wildman–Crippen MR) is 147 cm³/mol. The van der Waals surface area contributed by atoms with Gasteiger partial charge in [-0.05, 0) is 60.8 Å². The number of nitrogens with one attached hydrogen (secondary N) is 2. The number of ether oxygens (including phenoxy) is 2. The Balaban J connectivity index is 1.82. The van der Waals surface area contributed by atoms with Crippen LogP contribution in [0.1, 0.15) is 16.7 Å². The van der Waals surface area contributed by atoms with Gasteiger partial charge in [0.25, 0.3) is 5.91 Å². The zero-order chi connectivity index (χ0) is 26.2. The van der Waals surface area contributed by atoms with Gasteiger partial charge in [-0.3, -0.25) is 9.59 Å². The zero-order valence-corrected chi connectivity index (χ0v) is 22.4. The van der Waals surface area contributed by atoms with E-state index in [0.717, 1.165) is 43.3 Å². The Kier molecular flexibility index (Phi) is 9.87. The summed E-state index contributed by atoms with van der Waals surface area (Å²) in [4.78, 5) is 28.6. The standard InChI is InChI=1S/C27H32ClN3O4S/c1-17(36-18(2)28)26(32)30-23(14-19-6-9-24(34-4)25(15-19)35-5)27(33)29-22-8-7-20-10-12-31(3)13-11-21(20)16-22/h6-9,15-16,23H,1-2,10-14H2,3-5H3,(H,29,33)(H,30,32). The SMILES string of the molecule is C=C(Cl)SC(=C)C(=O)NC(Cc1ccc(OC)c(OC)c1)C(=O)Nc1ccc2c(c1)CCN(C)CC2. The van der Waals surface area contributed by atoms with Gasteiger partial charge >= 0.3 is 0 Å². The van der Waals surface area contributed by atoms with E-state index in [-0.39, 0.29) is 21.6 Å². The van der Waals surface area contributed by atoms with Crippen molar-refractivity contribution in [1.82, 2.24) is 10.2 Å². The van der Waals surface area contributed by atoms with E-state index in [2.05, 4.69) is 41.8 Å². The number of hydrogen-bond donors (Lipinski definition) is 2. The van der Waals surface area contributed by atoms with Gasteiger partial charge in [-0.2, -0.15) is 0 Å². The molecule has 9 heteroatoms. The van der Waals surface area contributed by atoms with E-state index in [1.54, 1.807) is 26.4 Å². The number of methoxy groups -OCH3 is 2. The summed E-state index contributed by atoms with van der Waals surface area (Å²) in [6.07, 6.45) is 2.12. The second-order valence-corrected chi connectivity index (χ2v) is 10.4. The number of amides is 2. The predicted octanol–water partition coefficient (Wildman–Crippen LogP) is 4.36. The monoisotopic (exact) mass is 529 g/mol. The topological polar surface area (TPSA) is 79.9 Å². The Morgan fingerprint density at radius 2 is 1.75 bits per heavy atom. The van der Waals surface area contributed by atoms with Crippen molar-refractivity contribution in [3.8, 4) is 11.5 Å². The molecule has 1 atom stereocenters. The Bertz CT molecular complexity index is 1150. The Morgan fingerprint density at radius 1 is 1.06 bits per heavy atom. The molecule has 36 heavy (non-hydrogen) atoms. The minimum atomic E-state index is -0.874. The summed E-state index contributed by atoms with van der Waals surface area (Å²) >= 11 is 6.76. The van der Waals surface area contributed by atoms with E-state index in [0.29, 0.717) is 17.2 Å². The smallest absolute Gasteiger partial charge is 0.258 e. The molecule has 0 fully saturated rings. The van der Waals surface area contributed by atoms with Crippen LogP contribution in [0.25, 0.3) is 0 Å². The summed E-state index contributed by atoms with van der Waals surface area (Å²) in [5.74, 6) is 0.278. The molecule has 0 radical (unpaired) electrons. The van der Waals surface area contributed by atoms with E-state index in [1.165, 1.54) is 11.1 Å². The van der Waals surface area contributed by atoms with E-state index >= 15 is 0 Å². The van der Waals surface area contributed by atoms with Crippen molar-refractivity contribution < 1.29 is 19.1 Å². The van der Waals surface area contributed by atoms with Crippen LogP contribution >= 0.6 is 23.4 Å². The first-order valence-corrected chi connectivity index (χ1v) is 12.7. The van der Waals surface area contributed by atoms with Crippen LogP contribution in [0.15, 0.2) is 58.8 Å². The van der Waals surface area contributed by atoms with Gasteiger partial charge in [-0.1, -0.05) is 48.7 Å². The minimum Gasteiger partial charge on any atom is -0.493 e. The first-order chi connectivity index (χ1) is 17.2. The lowest BCUT2D eigenvalue weighted by molar-refractivity contribution is -0.123. The van der Waals surface area contributed by atoms with Gasteiger partial charge in [0.2, 0.25) is 5.91 Å². The van der Waals surface area contributed by atoms with Crippen LogP contribution in [0, 0.1) is 0 Å². The van der Waals surface area contributed by atoms with Crippen molar-refractivity contribution in [3.05, 3.63) is 75.5 Å². The van der Waals surface area contributed by atoms with Crippen molar-refractivity contribution in [2.75, 3.05) is 39.7 Å². The number of carbonyl (C=O) groups excluding carboxylic acids is 2. The average Bonchev–Trinajstić information content (AvgIpc) is 3.04. The molecule has 2 aromatic rings. The Hall–Kier alpha value is -2.94. The fraction of sp³-hybridized carbons (Fsp3) is 0.333. The lowest BCUT2D eigenvalue weighted by atomic mass is 10.0. The molecule has 0 bridgehead atoms. The third kappa shape index (κ3) is 7.53. The molecule has 0 spiro atoms. The highest BCUT2D eigenvalue weighted by atomic mass is 35.5. The van der Waals surface area contributed by atoms with Gasteiger partial charge in [-0.15, -0.1) is 0 Å². The third-order valence-electron chi connectivity index (χ3n) is 6.00. The molecule has 1 unspecified atom stereocenters. The molecule has 2 amide bonds. The molecule has 2 aromatic carbocycles. The second-order valence-electron chi connectivity index (χ2n) is 8.58. The lowest BCUT2D eigenvalue weighted by Gasteiger charge is -2.20. The summed E-state index contributed by atoms with van der Waals surface area (Å²) in [6, 6.07) is 10.5. The first kappa shape index (κ1) is 27.6. The molecule has 7 nitrogen and oxygen atoms in total. The molecule has 0 saturated heterocycles. The lowest BCUT2D eigenvalue weighted by Crippen LogP contribution is -2.45. The fourth-order valence-corrected chi connectivity index (χ4v) is 4.71. The van der Waals surface area contributed by atoms with Gasteiger partial charge in [0.05, 0.1) is 23.5 Å². The molecule has 0 saturated carbocycles. The maximum Gasteiger partial charge on any atom is 0.258 e. The molecule has 192 valence electrons. The number of anilines is 1. The molecule has 0 aromatic heterocycles. The molecule has 0 aliphatic carbocycles. The van der Waals surface area contributed by atoms with Crippen molar-refractivity contribution >= 4 is 40.9 Å². The van der Waals surface area contributed by atoms with E-state index in [1.807, 2.05) is 18.2 Å². The molecular formula is C27H32ClN3O4S. The van der Waals surface area contributed by atoms with Crippen LogP contribution in [0.3, 0.4) is 0 Å². The quantitative estimate of drug-likeness (QED) is 0.445. The van der Waals surface area contributed by atoms with Crippen LogP contribution in [-0.4, -0.2) is 57.1 Å². The highest BCUT2D eigenvalue weighted by Gasteiger charge is 2.24. The van der Waals surface area contributed by atoms with Crippen LogP contribution < -0.4 is 20.1 Å². The van der Waals surface area contributed by atoms with Gasteiger partial charge < -0.3 is 25.0 Å². The number of rotatable bonds is 10. The summed E-state index contributed by atoms with van der Waals surface area (Å²) in [7, 11) is 5.21. The van der Waals surface area contributed by atoms with Crippen molar-refractivity contribution in [2.24, 2.45) is 0 Å². The first-order valence-electron chi connectivity index (χ1n) is 11.5. The summed E-state index contributed by atoms with van der Waals surface area (Å²) in [5.41, 5.74) is 4.00.